The van der Waals surface area contributed by atoms with Crippen molar-refractivity contribution in [3.8, 4) is 0 Å². The second kappa shape index (κ2) is 7.98. The molecule has 7 nitrogen and oxygen atoms in total. The molecule has 0 unspecified atom stereocenters. The zero-order valence-corrected chi connectivity index (χ0v) is 14.5. The van der Waals surface area contributed by atoms with Gasteiger partial charge in [-0.1, -0.05) is 19.1 Å². The summed E-state index contributed by atoms with van der Waals surface area (Å²) in [5.74, 6) is -2.26. The van der Waals surface area contributed by atoms with Crippen LogP contribution in [0.15, 0.2) is 29.2 Å². The second-order valence-electron chi connectivity index (χ2n) is 5.40. The maximum absolute atomic E-state index is 12.3. The van der Waals surface area contributed by atoms with Crippen LogP contribution in [0.5, 0.6) is 0 Å². The molecule has 0 spiro atoms. The number of rotatable bonds is 6. The minimum absolute atomic E-state index is 0.123. The van der Waals surface area contributed by atoms with E-state index in [1.165, 1.54) is 30.3 Å². The van der Waals surface area contributed by atoms with E-state index in [1.54, 1.807) is 6.92 Å². The molecule has 0 bridgehead atoms. The summed E-state index contributed by atoms with van der Waals surface area (Å²) >= 11 is 0.728. The number of hydrogen-bond acceptors (Lipinski definition) is 6. The molecular weight excluding hydrogens is 346 g/mol. The molecule has 0 saturated carbocycles. The summed E-state index contributed by atoms with van der Waals surface area (Å²) in [6, 6.07) is 5.88. The van der Waals surface area contributed by atoms with Crippen molar-refractivity contribution in [3.05, 3.63) is 40.3 Å². The first-order valence-corrected chi connectivity index (χ1v) is 8.41. The molecular formula is C17H17NO6S. The number of ether oxygens (including phenoxy) is 1. The third-order valence-corrected chi connectivity index (χ3v) is 4.43. The number of aromatic carboxylic acids is 1. The molecule has 1 atom stereocenters. The standard InChI is InChI=1S/C17H17NO6S/c1-3-10(2)24-14(19)9-18-15(20)13(25-17(18)23)8-11-4-6-12(7-5-11)16(21)22/h4-8,10H,3,9H2,1-2H3,(H,21,22)/b13-8-/t10-/m0/s1. The predicted octanol–water partition coefficient (Wildman–Crippen LogP) is 2.76. The van der Waals surface area contributed by atoms with Gasteiger partial charge < -0.3 is 9.84 Å². The van der Waals surface area contributed by atoms with Gasteiger partial charge in [0.1, 0.15) is 6.54 Å². The van der Waals surface area contributed by atoms with Crippen LogP contribution in [0.2, 0.25) is 0 Å². The molecule has 1 aromatic carbocycles. The molecule has 2 amide bonds. The summed E-state index contributed by atoms with van der Waals surface area (Å²) in [6.45, 7) is 3.16. The summed E-state index contributed by atoms with van der Waals surface area (Å²) < 4.78 is 5.08. The summed E-state index contributed by atoms with van der Waals surface area (Å²) in [4.78, 5) is 47.9. The monoisotopic (exact) mass is 363 g/mol. The van der Waals surface area contributed by atoms with Gasteiger partial charge in [-0.2, -0.15) is 0 Å². The molecule has 1 heterocycles. The van der Waals surface area contributed by atoms with Crippen LogP contribution >= 0.6 is 11.8 Å². The Morgan fingerprint density at radius 3 is 2.48 bits per heavy atom. The first kappa shape index (κ1) is 18.7. The first-order chi connectivity index (χ1) is 11.8. The second-order valence-corrected chi connectivity index (χ2v) is 6.40. The highest BCUT2D eigenvalue weighted by molar-refractivity contribution is 8.18. The Labute approximate surface area is 148 Å². The van der Waals surface area contributed by atoms with Gasteiger partial charge in [0.05, 0.1) is 16.6 Å². The number of hydrogen-bond donors (Lipinski definition) is 1. The lowest BCUT2D eigenvalue weighted by molar-refractivity contribution is -0.150. The summed E-state index contributed by atoms with van der Waals surface area (Å²) in [5.41, 5.74) is 0.704. The zero-order chi connectivity index (χ0) is 18.6. The van der Waals surface area contributed by atoms with Crippen molar-refractivity contribution in [2.75, 3.05) is 6.54 Å². The average Bonchev–Trinajstić information content (AvgIpc) is 2.82. The van der Waals surface area contributed by atoms with Gasteiger partial charge in [0.2, 0.25) is 0 Å². The number of carbonyl (C=O) groups is 4. The van der Waals surface area contributed by atoms with Crippen LogP contribution in [0.4, 0.5) is 4.79 Å². The van der Waals surface area contributed by atoms with Crippen LogP contribution in [0.25, 0.3) is 6.08 Å². The Kier molecular flexibility index (Phi) is 5.97. The van der Waals surface area contributed by atoms with Crippen molar-refractivity contribution >= 4 is 40.9 Å². The Balaban J connectivity index is 2.09. The van der Waals surface area contributed by atoms with Crippen molar-refractivity contribution in [2.24, 2.45) is 0 Å². The van der Waals surface area contributed by atoms with Gasteiger partial charge in [0.25, 0.3) is 11.1 Å². The smallest absolute Gasteiger partial charge is 0.335 e. The quantitative estimate of drug-likeness (QED) is 0.612. The number of carbonyl (C=O) groups excluding carboxylic acids is 3. The Hall–Kier alpha value is -2.61. The molecule has 25 heavy (non-hydrogen) atoms. The van der Waals surface area contributed by atoms with E-state index in [9.17, 15) is 19.2 Å². The molecule has 132 valence electrons. The predicted molar refractivity (Wildman–Crippen MR) is 91.9 cm³/mol. The number of esters is 1. The zero-order valence-electron chi connectivity index (χ0n) is 13.7. The summed E-state index contributed by atoms with van der Waals surface area (Å²) in [7, 11) is 0. The molecule has 0 aliphatic carbocycles. The van der Waals surface area contributed by atoms with Crippen LogP contribution < -0.4 is 0 Å². The van der Waals surface area contributed by atoms with E-state index in [2.05, 4.69) is 0 Å². The fraction of sp³-hybridized carbons (Fsp3) is 0.294. The Bertz CT molecular complexity index is 740. The Morgan fingerprint density at radius 2 is 1.92 bits per heavy atom. The van der Waals surface area contributed by atoms with E-state index in [0.29, 0.717) is 12.0 Å². The number of benzene rings is 1. The van der Waals surface area contributed by atoms with E-state index in [-0.39, 0.29) is 16.6 Å². The van der Waals surface area contributed by atoms with Crippen molar-refractivity contribution in [1.29, 1.82) is 0 Å². The lowest BCUT2D eigenvalue weighted by Gasteiger charge is -2.14. The molecule has 0 radical (unpaired) electrons. The number of carboxylic acids is 1. The van der Waals surface area contributed by atoms with Gasteiger partial charge in [0, 0.05) is 0 Å². The van der Waals surface area contributed by atoms with Crippen molar-refractivity contribution in [2.45, 2.75) is 26.4 Å². The van der Waals surface area contributed by atoms with Crippen LogP contribution in [0.1, 0.15) is 36.2 Å². The average molecular weight is 363 g/mol. The minimum atomic E-state index is -1.05. The number of nitrogens with zero attached hydrogens (tertiary/aromatic N) is 1. The van der Waals surface area contributed by atoms with Crippen molar-refractivity contribution in [1.82, 2.24) is 4.90 Å². The van der Waals surface area contributed by atoms with Gasteiger partial charge >= 0.3 is 11.9 Å². The lowest BCUT2D eigenvalue weighted by atomic mass is 10.1. The SMILES string of the molecule is CC[C@H](C)OC(=O)CN1C(=O)S/C(=C\c2ccc(C(=O)O)cc2)C1=O. The van der Waals surface area contributed by atoms with Crippen LogP contribution in [-0.2, 0) is 14.3 Å². The van der Waals surface area contributed by atoms with E-state index in [4.69, 9.17) is 9.84 Å². The maximum Gasteiger partial charge on any atom is 0.335 e. The third-order valence-electron chi connectivity index (χ3n) is 3.52. The fourth-order valence-corrected chi connectivity index (χ4v) is 2.82. The van der Waals surface area contributed by atoms with E-state index in [1.807, 2.05) is 6.92 Å². The number of carboxylic acid groups (broad SMARTS) is 1. The van der Waals surface area contributed by atoms with E-state index in [0.717, 1.165) is 16.7 Å². The van der Waals surface area contributed by atoms with Gasteiger partial charge in [0.15, 0.2) is 0 Å². The van der Waals surface area contributed by atoms with E-state index < -0.39 is 29.6 Å². The maximum atomic E-state index is 12.3. The molecule has 8 heteroatoms. The molecule has 1 aromatic rings. The number of thioether (sulfide) groups is 1. The first-order valence-electron chi connectivity index (χ1n) is 7.60. The van der Waals surface area contributed by atoms with Crippen LogP contribution in [0.3, 0.4) is 0 Å². The van der Waals surface area contributed by atoms with Crippen LogP contribution in [-0.4, -0.2) is 45.7 Å². The molecule has 1 N–H and O–H groups in total. The molecule has 1 saturated heterocycles. The topological polar surface area (TPSA) is 101 Å². The molecule has 1 aliphatic rings. The molecule has 1 fully saturated rings. The summed E-state index contributed by atoms with van der Waals surface area (Å²) in [6.07, 6.45) is 1.84. The highest BCUT2D eigenvalue weighted by Gasteiger charge is 2.36. The minimum Gasteiger partial charge on any atom is -0.478 e. The van der Waals surface area contributed by atoms with Gasteiger partial charge in [-0.05, 0) is 48.9 Å². The van der Waals surface area contributed by atoms with Gasteiger partial charge in [-0.15, -0.1) is 0 Å². The third kappa shape index (κ3) is 4.69. The van der Waals surface area contributed by atoms with Crippen LogP contribution in [0, 0.1) is 0 Å². The van der Waals surface area contributed by atoms with Gasteiger partial charge in [-0.25, -0.2) is 4.79 Å². The normalized spacial score (nSPS) is 17.0. The van der Waals surface area contributed by atoms with Crippen molar-refractivity contribution in [3.63, 3.8) is 0 Å². The highest BCUT2D eigenvalue weighted by atomic mass is 32.2. The Morgan fingerprint density at radius 1 is 1.28 bits per heavy atom. The molecule has 1 aliphatic heterocycles. The largest absolute Gasteiger partial charge is 0.478 e. The number of amides is 2. The van der Waals surface area contributed by atoms with E-state index >= 15 is 0 Å². The molecule has 0 aromatic heterocycles. The van der Waals surface area contributed by atoms with Gasteiger partial charge in [-0.3, -0.25) is 19.3 Å². The summed E-state index contributed by atoms with van der Waals surface area (Å²) in [5, 5.41) is 8.32. The van der Waals surface area contributed by atoms with Crippen molar-refractivity contribution < 1.29 is 29.0 Å². The highest BCUT2D eigenvalue weighted by Crippen LogP contribution is 2.32. The molecule has 2 rings (SSSR count). The number of imide groups is 1. The lowest BCUT2D eigenvalue weighted by Crippen LogP contribution is -2.35. The fourth-order valence-electron chi connectivity index (χ4n) is 1.98.